The molecule has 118 valence electrons. The number of rotatable bonds is 4. The average molecular weight is 346 g/mol. The van der Waals surface area contributed by atoms with E-state index < -0.39 is 0 Å². The summed E-state index contributed by atoms with van der Waals surface area (Å²) >= 11 is 3.06. The number of hydrogen-bond donors (Lipinski definition) is 0. The van der Waals surface area contributed by atoms with Crippen LogP contribution in [0.5, 0.6) is 0 Å². The maximum absolute atomic E-state index is 13.0. The van der Waals surface area contributed by atoms with Crippen molar-refractivity contribution < 1.29 is 9.18 Å². The number of nitrogens with zero attached hydrogens (tertiary/aromatic N) is 2. The van der Waals surface area contributed by atoms with Gasteiger partial charge in [0.05, 0.1) is 6.04 Å². The summed E-state index contributed by atoms with van der Waals surface area (Å²) in [5, 5.41) is 6.62. The third-order valence-electron chi connectivity index (χ3n) is 3.75. The van der Waals surface area contributed by atoms with Crippen LogP contribution in [0, 0.1) is 5.82 Å². The van der Waals surface area contributed by atoms with Crippen molar-refractivity contribution in [2.45, 2.75) is 13.0 Å². The molecule has 0 bridgehead atoms. The van der Waals surface area contributed by atoms with Crippen LogP contribution in [0.4, 0.5) is 4.39 Å². The molecule has 23 heavy (non-hydrogen) atoms. The third-order valence-corrected chi connectivity index (χ3v) is 5.32. The lowest BCUT2D eigenvalue weighted by Gasteiger charge is -2.24. The maximum atomic E-state index is 13.0. The van der Waals surface area contributed by atoms with Gasteiger partial charge in [-0.25, -0.2) is 9.37 Å². The number of aromatic nitrogens is 1. The van der Waals surface area contributed by atoms with E-state index in [1.807, 2.05) is 23.8 Å². The zero-order valence-corrected chi connectivity index (χ0v) is 14.3. The van der Waals surface area contributed by atoms with Gasteiger partial charge in [-0.1, -0.05) is 12.1 Å². The van der Waals surface area contributed by atoms with Gasteiger partial charge >= 0.3 is 0 Å². The molecule has 1 unspecified atom stereocenters. The second-order valence-corrected chi connectivity index (χ2v) is 6.83. The van der Waals surface area contributed by atoms with Crippen molar-refractivity contribution >= 4 is 28.6 Å². The predicted molar refractivity (Wildman–Crippen MR) is 92.3 cm³/mol. The molecule has 0 saturated heterocycles. The Balaban J connectivity index is 1.78. The first-order chi connectivity index (χ1) is 11.1. The SMILES string of the molecule is CC(c1ccc(F)cc1)N(C)C(=O)c1csc(-c2ccsc2)n1. The number of carbonyl (C=O) groups is 1. The Labute approximate surface area is 142 Å². The van der Waals surface area contributed by atoms with Gasteiger partial charge in [-0.05, 0) is 36.1 Å². The van der Waals surface area contributed by atoms with Crippen molar-refractivity contribution in [3.8, 4) is 10.6 Å². The maximum Gasteiger partial charge on any atom is 0.273 e. The van der Waals surface area contributed by atoms with Crippen LogP contribution < -0.4 is 0 Å². The van der Waals surface area contributed by atoms with Crippen molar-refractivity contribution in [3.05, 3.63) is 63.5 Å². The highest BCUT2D eigenvalue weighted by Crippen LogP contribution is 2.27. The van der Waals surface area contributed by atoms with Crippen LogP contribution in [0.25, 0.3) is 10.6 Å². The Bertz CT molecular complexity index is 796. The zero-order chi connectivity index (χ0) is 16.4. The van der Waals surface area contributed by atoms with Gasteiger partial charge in [0.2, 0.25) is 0 Å². The molecule has 6 heteroatoms. The number of benzene rings is 1. The first-order valence-electron chi connectivity index (χ1n) is 7.07. The molecule has 2 aromatic heterocycles. The normalized spacial score (nSPS) is 12.1. The van der Waals surface area contributed by atoms with E-state index in [4.69, 9.17) is 0 Å². The van der Waals surface area contributed by atoms with Crippen molar-refractivity contribution in [2.75, 3.05) is 7.05 Å². The number of amides is 1. The lowest BCUT2D eigenvalue weighted by molar-refractivity contribution is 0.0737. The fourth-order valence-corrected chi connectivity index (χ4v) is 3.72. The van der Waals surface area contributed by atoms with E-state index in [2.05, 4.69) is 4.98 Å². The molecule has 0 saturated carbocycles. The quantitative estimate of drug-likeness (QED) is 0.677. The van der Waals surface area contributed by atoms with E-state index in [-0.39, 0.29) is 17.8 Å². The van der Waals surface area contributed by atoms with Gasteiger partial charge in [0.1, 0.15) is 16.5 Å². The molecule has 1 amide bonds. The Kier molecular flexibility index (Phi) is 4.54. The molecule has 1 atom stereocenters. The molecule has 0 aliphatic heterocycles. The predicted octanol–water partition coefficient (Wildman–Crippen LogP) is 4.84. The van der Waals surface area contributed by atoms with Gasteiger partial charge in [0, 0.05) is 23.4 Å². The van der Waals surface area contributed by atoms with Gasteiger partial charge in [-0.2, -0.15) is 11.3 Å². The highest BCUT2D eigenvalue weighted by molar-refractivity contribution is 7.14. The van der Waals surface area contributed by atoms with Gasteiger partial charge < -0.3 is 4.90 Å². The Morgan fingerprint density at radius 3 is 2.61 bits per heavy atom. The summed E-state index contributed by atoms with van der Waals surface area (Å²) < 4.78 is 13.0. The summed E-state index contributed by atoms with van der Waals surface area (Å²) in [5.41, 5.74) is 2.36. The highest BCUT2D eigenvalue weighted by atomic mass is 32.1. The number of carbonyl (C=O) groups excluding carboxylic acids is 1. The van der Waals surface area contributed by atoms with E-state index in [9.17, 15) is 9.18 Å². The van der Waals surface area contributed by atoms with Crippen LogP contribution in [0.15, 0.2) is 46.5 Å². The minimum atomic E-state index is -0.283. The molecular weight excluding hydrogens is 331 g/mol. The molecule has 0 N–H and O–H groups in total. The van der Waals surface area contributed by atoms with Crippen LogP contribution in [0.1, 0.15) is 29.0 Å². The minimum absolute atomic E-state index is 0.139. The molecule has 0 aliphatic rings. The lowest BCUT2D eigenvalue weighted by atomic mass is 10.1. The summed E-state index contributed by atoms with van der Waals surface area (Å²) in [4.78, 5) is 18.7. The molecule has 0 aliphatic carbocycles. The van der Waals surface area contributed by atoms with Crippen LogP contribution >= 0.6 is 22.7 Å². The summed E-state index contributed by atoms with van der Waals surface area (Å²) in [6.45, 7) is 1.91. The van der Waals surface area contributed by atoms with Crippen LogP contribution in [0.2, 0.25) is 0 Å². The van der Waals surface area contributed by atoms with Gasteiger partial charge in [-0.3, -0.25) is 4.79 Å². The molecule has 0 radical (unpaired) electrons. The Morgan fingerprint density at radius 2 is 1.96 bits per heavy atom. The minimum Gasteiger partial charge on any atom is -0.334 e. The van der Waals surface area contributed by atoms with Crippen LogP contribution in [0.3, 0.4) is 0 Å². The number of hydrogen-bond acceptors (Lipinski definition) is 4. The molecule has 3 aromatic rings. The molecule has 0 spiro atoms. The van der Waals surface area contributed by atoms with Gasteiger partial charge in [0.15, 0.2) is 0 Å². The van der Waals surface area contributed by atoms with E-state index in [0.717, 1.165) is 16.1 Å². The van der Waals surface area contributed by atoms with Crippen molar-refractivity contribution in [3.63, 3.8) is 0 Å². The van der Waals surface area contributed by atoms with Gasteiger partial charge in [0.25, 0.3) is 5.91 Å². The zero-order valence-electron chi connectivity index (χ0n) is 12.7. The fourth-order valence-electron chi connectivity index (χ4n) is 2.21. The largest absolute Gasteiger partial charge is 0.334 e. The fraction of sp³-hybridized carbons (Fsp3) is 0.176. The third kappa shape index (κ3) is 3.33. The number of thiazole rings is 1. The van der Waals surface area contributed by atoms with E-state index in [0.29, 0.717) is 5.69 Å². The molecule has 1 aromatic carbocycles. The molecule has 3 nitrogen and oxygen atoms in total. The lowest BCUT2D eigenvalue weighted by Crippen LogP contribution is -2.29. The summed E-state index contributed by atoms with van der Waals surface area (Å²) in [7, 11) is 1.74. The number of thiophene rings is 1. The van der Waals surface area contributed by atoms with Crippen LogP contribution in [-0.2, 0) is 0 Å². The average Bonchev–Trinajstić information content (AvgIpc) is 3.24. The molecule has 0 fully saturated rings. The molecular formula is C17H15FN2OS2. The summed E-state index contributed by atoms with van der Waals surface area (Å²) in [6, 6.07) is 8.03. The molecule has 3 rings (SSSR count). The Morgan fingerprint density at radius 1 is 1.22 bits per heavy atom. The van der Waals surface area contributed by atoms with Crippen molar-refractivity contribution in [1.82, 2.24) is 9.88 Å². The summed E-state index contributed by atoms with van der Waals surface area (Å²) in [5.74, 6) is -0.422. The van der Waals surface area contributed by atoms with Crippen molar-refractivity contribution in [2.24, 2.45) is 0 Å². The second-order valence-electron chi connectivity index (χ2n) is 5.19. The first-order valence-corrected chi connectivity index (χ1v) is 8.89. The standard InChI is InChI=1S/C17H15FN2OS2/c1-11(12-3-5-14(18)6-4-12)20(2)17(21)15-10-23-16(19-15)13-7-8-22-9-13/h3-11H,1-2H3. The molecule has 2 heterocycles. The number of halogens is 1. The highest BCUT2D eigenvalue weighted by Gasteiger charge is 2.21. The van der Waals surface area contributed by atoms with Gasteiger partial charge in [-0.15, -0.1) is 11.3 Å². The van der Waals surface area contributed by atoms with E-state index in [1.165, 1.54) is 23.5 Å². The van der Waals surface area contributed by atoms with Crippen LogP contribution in [-0.4, -0.2) is 22.8 Å². The summed E-state index contributed by atoms with van der Waals surface area (Å²) in [6.07, 6.45) is 0. The van der Waals surface area contributed by atoms with Crippen molar-refractivity contribution in [1.29, 1.82) is 0 Å². The second kappa shape index (κ2) is 6.60. The topological polar surface area (TPSA) is 33.2 Å². The Hall–Kier alpha value is -2.05. The smallest absolute Gasteiger partial charge is 0.273 e. The van der Waals surface area contributed by atoms with E-state index in [1.54, 1.807) is 40.8 Å². The monoisotopic (exact) mass is 346 g/mol. The first kappa shape index (κ1) is 15.8. The van der Waals surface area contributed by atoms with E-state index >= 15 is 0 Å².